The molecule has 0 aliphatic carbocycles. The summed E-state index contributed by atoms with van der Waals surface area (Å²) >= 11 is 0. The van der Waals surface area contributed by atoms with Crippen LogP contribution in [-0.4, -0.2) is 65.5 Å². The zero-order valence-electron chi connectivity index (χ0n) is 13.9. The van der Waals surface area contributed by atoms with Gasteiger partial charge in [0, 0.05) is 32.0 Å². The first-order valence-electron chi connectivity index (χ1n) is 7.65. The third-order valence-corrected chi connectivity index (χ3v) is 3.89. The molecule has 1 aromatic carbocycles. The summed E-state index contributed by atoms with van der Waals surface area (Å²) in [6, 6.07) is 5.26. The number of hydrogen-bond donors (Lipinski definition) is 1. The Bertz CT molecular complexity index is 577. The van der Waals surface area contributed by atoms with E-state index in [-0.39, 0.29) is 18.6 Å². The quantitative estimate of drug-likeness (QED) is 0.671. The summed E-state index contributed by atoms with van der Waals surface area (Å²) in [7, 11) is 3.06. The second-order valence-electron chi connectivity index (χ2n) is 5.31. The van der Waals surface area contributed by atoms with Crippen molar-refractivity contribution < 1.29 is 23.8 Å². The molecule has 1 aromatic rings. The van der Waals surface area contributed by atoms with Crippen LogP contribution in [0.3, 0.4) is 0 Å². The molecule has 0 saturated carbocycles. The molecule has 0 radical (unpaired) electrons. The van der Waals surface area contributed by atoms with E-state index in [0.717, 1.165) is 0 Å². The van der Waals surface area contributed by atoms with Gasteiger partial charge in [-0.1, -0.05) is 0 Å². The van der Waals surface area contributed by atoms with Crippen molar-refractivity contribution in [3.63, 3.8) is 0 Å². The molecule has 0 bridgehead atoms. The van der Waals surface area contributed by atoms with E-state index < -0.39 is 0 Å². The number of rotatable bonds is 8. The average molecular weight is 337 g/mol. The van der Waals surface area contributed by atoms with Crippen molar-refractivity contribution in [3.05, 3.63) is 18.2 Å². The molecule has 1 atom stereocenters. The first-order valence-corrected chi connectivity index (χ1v) is 7.65. The standard InChI is InChI=1S/C16H23N3O5/c1-22-13(8-17)9-18(11-20)14-4-3-12(7-15(14)23-2)19-5-6-24-10-16(19)21/h3-4,7,11,13H,5-6,8-10,17H2,1-2H3. The van der Waals surface area contributed by atoms with Crippen LogP contribution in [0.2, 0.25) is 0 Å². The van der Waals surface area contributed by atoms with E-state index in [4.69, 9.17) is 19.9 Å². The van der Waals surface area contributed by atoms with Crippen LogP contribution in [-0.2, 0) is 19.1 Å². The van der Waals surface area contributed by atoms with Gasteiger partial charge in [0.05, 0.1) is 32.1 Å². The van der Waals surface area contributed by atoms with Gasteiger partial charge < -0.3 is 29.7 Å². The van der Waals surface area contributed by atoms with Crippen molar-refractivity contribution in [2.45, 2.75) is 6.10 Å². The van der Waals surface area contributed by atoms with Gasteiger partial charge >= 0.3 is 0 Å². The number of anilines is 2. The molecular formula is C16H23N3O5. The van der Waals surface area contributed by atoms with E-state index in [0.29, 0.717) is 49.8 Å². The van der Waals surface area contributed by atoms with E-state index in [2.05, 4.69) is 0 Å². The van der Waals surface area contributed by atoms with Crippen molar-refractivity contribution >= 4 is 23.7 Å². The zero-order chi connectivity index (χ0) is 17.5. The highest BCUT2D eigenvalue weighted by atomic mass is 16.5. The summed E-state index contributed by atoms with van der Waals surface area (Å²) in [5.41, 5.74) is 6.91. The minimum atomic E-state index is -0.277. The molecule has 8 heteroatoms. The second-order valence-corrected chi connectivity index (χ2v) is 5.31. The molecule has 132 valence electrons. The Hall–Kier alpha value is -2.16. The van der Waals surface area contributed by atoms with Crippen LogP contribution in [0.25, 0.3) is 0 Å². The zero-order valence-corrected chi connectivity index (χ0v) is 13.9. The number of methoxy groups -OCH3 is 2. The van der Waals surface area contributed by atoms with Gasteiger partial charge in [0.25, 0.3) is 5.91 Å². The Kier molecular flexibility index (Phi) is 6.53. The maximum absolute atomic E-state index is 12.0. The molecule has 1 fully saturated rings. The smallest absolute Gasteiger partial charge is 0.253 e. The fourth-order valence-corrected chi connectivity index (χ4v) is 2.53. The summed E-state index contributed by atoms with van der Waals surface area (Å²) in [5, 5.41) is 0. The Labute approximate surface area is 141 Å². The molecule has 1 aliphatic rings. The number of ether oxygens (including phenoxy) is 3. The lowest BCUT2D eigenvalue weighted by atomic mass is 10.2. The summed E-state index contributed by atoms with van der Waals surface area (Å²) in [4.78, 5) is 26.5. The number of nitrogens with zero attached hydrogens (tertiary/aromatic N) is 2. The maximum Gasteiger partial charge on any atom is 0.253 e. The van der Waals surface area contributed by atoms with Crippen molar-refractivity contribution in [2.75, 3.05) is 56.9 Å². The number of morpholine rings is 1. The number of carbonyl (C=O) groups excluding carboxylic acids is 2. The third kappa shape index (κ3) is 4.02. The molecule has 2 N–H and O–H groups in total. The van der Waals surface area contributed by atoms with Crippen LogP contribution >= 0.6 is 0 Å². The van der Waals surface area contributed by atoms with Gasteiger partial charge in [-0.15, -0.1) is 0 Å². The highest BCUT2D eigenvalue weighted by molar-refractivity contribution is 5.95. The fourth-order valence-electron chi connectivity index (χ4n) is 2.53. The predicted octanol–water partition coefficient (Wildman–Crippen LogP) is -0.00510. The molecule has 8 nitrogen and oxygen atoms in total. The van der Waals surface area contributed by atoms with Gasteiger partial charge in [0.15, 0.2) is 0 Å². The van der Waals surface area contributed by atoms with Gasteiger partial charge in [-0.2, -0.15) is 0 Å². The van der Waals surface area contributed by atoms with E-state index in [9.17, 15) is 9.59 Å². The number of benzene rings is 1. The molecule has 1 heterocycles. The van der Waals surface area contributed by atoms with Crippen LogP contribution in [0.15, 0.2) is 18.2 Å². The van der Waals surface area contributed by atoms with E-state index in [1.54, 1.807) is 30.2 Å². The van der Waals surface area contributed by atoms with Crippen LogP contribution in [0.5, 0.6) is 5.75 Å². The lowest BCUT2D eigenvalue weighted by molar-refractivity contribution is -0.125. The van der Waals surface area contributed by atoms with Crippen LogP contribution in [0, 0.1) is 0 Å². The second kappa shape index (κ2) is 8.62. The van der Waals surface area contributed by atoms with Crippen molar-refractivity contribution in [2.24, 2.45) is 5.73 Å². The van der Waals surface area contributed by atoms with Crippen molar-refractivity contribution in [1.82, 2.24) is 0 Å². The first kappa shape index (κ1) is 18.2. The normalized spacial score (nSPS) is 16.0. The van der Waals surface area contributed by atoms with Gasteiger partial charge in [0.1, 0.15) is 12.4 Å². The first-order chi connectivity index (χ1) is 11.6. The highest BCUT2D eigenvalue weighted by Crippen LogP contribution is 2.32. The van der Waals surface area contributed by atoms with Gasteiger partial charge in [-0.25, -0.2) is 0 Å². The summed E-state index contributed by atoms with van der Waals surface area (Å²) in [5.74, 6) is 0.386. The lowest BCUT2D eigenvalue weighted by Crippen LogP contribution is -2.41. The summed E-state index contributed by atoms with van der Waals surface area (Å²) in [6.07, 6.45) is 0.430. The van der Waals surface area contributed by atoms with Crippen molar-refractivity contribution in [3.8, 4) is 5.75 Å². The van der Waals surface area contributed by atoms with Crippen LogP contribution < -0.4 is 20.3 Å². The molecule has 2 rings (SSSR count). The van der Waals surface area contributed by atoms with E-state index >= 15 is 0 Å². The number of amides is 2. The lowest BCUT2D eigenvalue weighted by Gasteiger charge is -2.29. The minimum Gasteiger partial charge on any atom is -0.494 e. The number of nitrogens with two attached hydrogens (primary N) is 1. The van der Waals surface area contributed by atoms with E-state index in [1.807, 2.05) is 0 Å². The van der Waals surface area contributed by atoms with Crippen LogP contribution in [0.4, 0.5) is 11.4 Å². The maximum atomic E-state index is 12.0. The monoisotopic (exact) mass is 337 g/mol. The molecule has 1 aliphatic heterocycles. The molecule has 0 aromatic heterocycles. The van der Waals surface area contributed by atoms with Gasteiger partial charge in [-0.05, 0) is 12.1 Å². The molecular weight excluding hydrogens is 314 g/mol. The molecule has 0 spiro atoms. The Balaban J connectivity index is 2.27. The van der Waals surface area contributed by atoms with Crippen LogP contribution in [0.1, 0.15) is 0 Å². The number of hydrogen-bond acceptors (Lipinski definition) is 6. The third-order valence-electron chi connectivity index (χ3n) is 3.89. The topological polar surface area (TPSA) is 94.3 Å². The van der Waals surface area contributed by atoms with E-state index in [1.165, 1.54) is 12.0 Å². The predicted molar refractivity (Wildman–Crippen MR) is 89.4 cm³/mol. The van der Waals surface area contributed by atoms with Gasteiger partial charge in [0.2, 0.25) is 6.41 Å². The summed E-state index contributed by atoms with van der Waals surface area (Å²) < 4.78 is 15.8. The average Bonchev–Trinajstić information content (AvgIpc) is 2.63. The molecule has 2 amide bonds. The Morgan fingerprint density at radius 3 is 2.83 bits per heavy atom. The van der Waals surface area contributed by atoms with Crippen molar-refractivity contribution in [1.29, 1.82) is 0 Å². The number of carbonyl (C=O) groups is 2. The molecule has 1 saturated heterocycles. The minimum absolute atomic E-state index is 0.0660. The Morgan fingerprint density at radius 1 is 1.46 bits per heavy atom. The van der Waals surface area contributed by atoms with Gasteiger partial charge in [-0.3, -0.25) is 9.59 Å². The molecule has 1 unspecified atom stereocenters. The Morgan fingerprint density at radius 2 is 2.25 bits per heavy atom. The largest absolute Gasteiger partial charge is 0.494 e. The summed E-state index contributed by atoms with van der Waals surface area (Å²) in [6.45, 7) is 1.64. The highest BCUT2D eigenvalue weighted by Gasteiger charge is 2.23. The molecule has 24 heavy (non-hydrogen) atoms. The SMILES string of the molecule is COc1cc(N2CCOCC2=O)ccc1N(C=O)CC(CN)OC. The fraction of sp³-hybridized carbons (Fsp3) is 0.500.